The fourth-order valence-electron chi connectivity index (χ4n) is 3.13. The fourth-order valence-corrected chi connectivity index (χ4v) is 3.87. The number of fused-ring (bicyclic) bond motifs is 1. The van der Waals surface area contributed by atoms with Crippen LogP contribution in [0.5, 0.6) is 0 Å². The molecule has 0 aliphatic carbocycles. The molecule has 2 aromatic heterocycles. The second-order valence-electron chi connectivity index (χ2n) is 6.76. The minimum Gasteiger partial charge on any atom is -0.440 e. The predicted octanol–water partition coefficient (Wildman–Crippen LogP) is 2.15. The molecule has 0 fully saturated rings. The van der Waals surface area contributed by atoms with Crippen LogP contribution in [0.25, 0.3) is 22.5 Å². The first-order valence-electron chi connectivity index (χ1n) is 9.01. The maximum atomic E-state index is 11.7. The number of aromatic nitrogens is 3. The lowest BCUT2D eigenvalue weighted by Crippen LogP contribution is -2.30. The Morgan fingerprint density at radius 2 is 2.03 bits per heavy atom. The number of nitrogens with one attached hydrogen (secondary N) is 1. The van der Waals surface area contributed by atoms with E-state index in [0.717, 1.165) is 42.1 Å². The van der Waals surface area contributed by atoms with Gasteiger partial charge in [0.1, 0.15) is 0 Å². The summed E-state index contributed by atoms with van der Waals surface area (Å²) in [5.74, 6) is -0.494. The van der Waals surface area contributed by atoms with Gasteiger partial charge in [0.25, 0.3) is 5.91 Å². The van der Waals surface area contributed by atoms with E-state index in [2.05, 4.69) is 37.7 Å². The van der Waals surface area contributed by atoms with Gasteiger partial charge in [0.15, 0.2) is 11.7 Å². The maximum absolute atomic E-state index is 11.7. The van der Waals surface area contributed by atoms with Crippen LogP contribution in [0.2, 0.25) is 0 Å². The van der Waals surface area contributed by atoms with E-state index in [1.54, 1.807) is 0 Å². The van der Waals surface area contributed by atoms with E-state index in [4.69, 9.17) is 10.8 Å². The van der Waals surface area contributed by atoms with Crippen LogP contribution in [0, 0.1) is 0 Å². The Hall–Kier alpha value is -3.24. The first-order valence-corrected chi connectivity index (χ1v) is 9.89. The summed E-state index contributed by atoms with van der Waals surface area (Å²) in [6.07, 6.45) is -0.996. The van der Waals surface area contributed by atoms with Gasteiger partial charge in [-0.05, 0) is 19.2 Å². The van der Waals surface area contributed by atoms with Gasteiger partial charge < -0.3 is 10.5 Å². The summed E-state index contributed by atoms with van der Waals surface area (Å²) in [6.45, 7) is 2.33. The van der Waals surface area contributed by atoms with Crippen molar-refractivity contribution in [2.75, 3.05) is 25.5 Å². The number of hydrogen-bond acceptors (Lipinski definition) is 7. The monoisotopic (exact) mass is 412 g/mol. The molecule has 3 N–H and O–H groups in total. The van der Waals surface area contributed by atoms with Gasteiger partial charge in [-0.25, -0.2) is 9.78 Å². The van der Waals surface area contributed by atoms with Crippen molar-refractivity contribution in [2.24, 2.45) is 5.73 Å². The number of amides is 2. The predicted molar refractivity (Wildman–Crippen MR) is 109 cm³/mol. The van der Waals surface area contributed by atoms with Crippen LogP contribution in [-0.2, 0) is 22.6 Å². The van der Waals surface area contributed by atoms with Gasteiger partial charge in [0.2, 0.25) is 0 Å². The standard InChI is InChI=1S/C19H20N6O3S/c1-24-5-6-25-14(9-24)8-15(23-25)12-3-2-4-13(7-12)16-11-29-19(21-16)22-17(26)10-28-18(20)27/h2-4,7-8,11H,5-6,9-10H2,1H3,(H2,20,27)(H,21,22,26). The van der Waals surface area contributed by atoms with Gasteiger partial charge in [0, 0.05) is 29.6 Å². The molecule has 0 saturated heterocycles. The van der Waals surface area contributed by atoms with Crippen molar-refractivity contribution in [2.45, 2.75) is 13.1 Å². The van der Waals surface area contributed by atoms with Gasteiger partial charge >= 0.3 is 6.09 Å². The van der Waals surface area contributed by atoms with Gasteiger partial charge in [-0.15, -0.1) is 11.3 Å². The number of primary amides is 1. The number of nitrogens with two attached hydrogens (primary N) is 1. The molecule has 150 valence electrons. The highest BCUT2D eigenvalue weighted by Crippen LogP contribution is 2.29. The Morgan fingerprint density at radius 1 is 1.24 bits per heavy atom. The smallest absolute Gasteiger partial charge is 0.405 e. The minimum atomic E-state index is -0.996. The molecule has 29 heavy (non-hydrogen) atoms. The molecule has 4 rings (SSSR count). The highest BCUT2D eigenvalue weighted by atomic mass is 32.1. The lowest BCUT2D eigenvalue weighted by atomic mass is 10.1. The Labute approximate surface area is 171 Å². The quantitative estimate of drug-likeness (QED) is 0.663. The third kappa shape index (κ3) is 4.44. The normalized spacial score (nSPS) is 13.7. The fraction of sp³-hybridized carbons (Fsp3) is 0.263. The number of benzene rings is 1. The summed E-state index contributed by atoms with van der Waals surface area (Å²) in [6, 6.07) is 10.1. The van der Waals surface area contributed by atoms with Gasteiger partial charge in [-0.2, -0.15) is 5.10 Å². The largest absolute Gasteiger partial charge is 0.440 e. The van der Waals surface area contributed by atoms with Crippen molar-refractivity contribution in [1.82, 2.24) is 19.7 Å². The number of likely N-dealkylation sites (N-methyl/N-ethyl adjacent to an activating group) is 1. The lowest BCUT2D eigenvalue weighted by molar-refractivity contribution is -0.118. The summed E-state index contributed by atoms with van der Waals surface area (Å²) in [5.41, 5.74) is 9.67. The number of hydrogen-bond donors (Lipinski definition) is 2. The molecule has 10 heteroatoms. The van der Waals surface area contributed by atoms with E-state index in [-0.39, 0.29) is 0 Å². The van der Waals surface area contributed by atoms with Crippen molar-refractivity contribution in [3.8, 4) is 22.5 Å². The Kier molecular flexibility index (Phi) is 5.28. The Morgan fingerprint density at radius 3 is 2.83 bits per heavy atom. The van der Waals surface area contributed by atoms with E-state index >= 15 is 0 Å². The summed E-state index contributed by atoms with van der Waals surface area (Å²) >= 11 is 1.29. The van der Waals surface area contributed by atoms with Crippen molar-refractivity contribution in [3.63, 3.8) is 0 Å². The highest BCUT2D eigenvalue weighted by Gasteiger charge is 2.17. The number of carbonyl (C=O) groups excluding carboxylic acids is 2. The van der Waals surface area contributed by atoms with Crippen molar-refractivity contribution in [1.29, 1.82) is 0 Å². The van der Waals surface area contributed by atoms with E-state index in [1.807, 2.05) is 29.6 Å². The summed E-state index contributed by atoms with van der Waals surface area (Å²) in [4.78, 5) is 29.0. The molecular weight excluding hydrogens is 392 g/mol. The zero-order chi connectivity index (χ0) is 20.4. The Bertz CT molecular complexity index is 1060. The molecule has 1 aromatic carbocycles. The zero-order valence-corrected chi connectivity index (χ0v) is 16.6. The van der Waals surface area contributed by atoms with E-state index in [0.29, 0.717) is 5.13 Å². The first-order chi connectivity index (χ1) is 14.0. The van der Waals surface area contributed by atoms with Crippen LogP contribution in [0.4, 0.5) is 9.93 Å². The van der Waals surface area contributed by atoms with Crippen LogP contribution in [0.3, 0.4) is 0 Å². The second kappa shape index (κ2) is 8.02. The van der Waals surface area contributed by atoms with Gasteiger partial charge in [0.05, 0.1) is 23.6 Å². The molecule has 9 nitrogen and oxygen atoms in total. The van der Waals surface area contributed by atoms with Crippen molar-refractivity contribution < 1.29 is 14.3 Å². The molecule has 0 atom stereocenters. The minimum absolute atomic E-state index is 0.420. The van der Waals surface area contributed by atoms with Crippen molar-refractivity contribution >= 4 is 28.5 Å². The molecule has 0 bridgehead atoms. The lowest BCUT2D eigenvalue weighted by Gasteiger charge is -2.22. The number of carbonyl (C=O) groups is 2. The van der Waals surface area contributed by atoms with E-state index in [9.17, 15) is 9.59 Å². The third-order valence-electron chi connectivity index (χ3n) is 4.54. The number of anilines is 1. The van der Waals surface area contributed by atoms with Gasteiger partial charge in [-0.3, -0.25) is 19.7 Å². The molecule has 0 saturated carbocycles. The summed E-state index contributed by atoms with van der Waals surface area (Å²) < 4.78 is 6.53. The molecule has 3 heterocycles. The van der Waals surface area contributed by atoms with Crippen LogP contribution in [0.15, 0.2) is 35.7 Å². The molecule has 2 amide bonds. The SMILES string of the molecule is CN1CCn2nc(-c3cccc(-c4csc(NC(=O)COC(N)=O)n4)c3)cc2C1. The van der Waals surface area contributed by atoms with Crippen LogP contribution < -0.4 is 11.1 Å². The average molecular weight is 412 g/mol. The maximum Gasteiger partial charge on any atom is 0.405 e. The van der Waals surface area contributed by atoms with Crippen LogP contribution in [0.1, 0.15) is 5.69 Å². The number of thiazole rings is 1. The average Bonchev–Trinajstić information content (AvgIpc) is 3.33. The van der Waals surface area contributed by atoms with E-state index < -0.39 is 18.6 Å². The molecule has 0 spiro atoms. The molecule has 3 aromatic rings. The number of ether oxygens (including phenoxy) is 1. The molecule has 1 aliphatic rings. The topological polar surface area (TPSA) is 115 Å². The first kappa shape index (κ1) is 19.1. The number of rotatable bonds is 5. The molecule has 0 unspecified atom stereocenters. The molecule has 0 radical (unpaired) electrons. The van der Waals surface area contributed by atoms with Crippen LogP contribution >= 0.6 is 11.3 Å². The molecule has 1 aliphatic heterocycles. The second-order valence-corrected chi connectivity index (χ2v) is 7.61. The van der Waals surface area contributed by atoms with Crippen molar-refractivity contribution in [3.05, 3.63) is 41.4 Å². The zero-order valence-electron chi connectivity index (χ0n) is 15.8. The number of nitrogens with zero attached hydrogens (tertiary/aromatic N) is 4. The van der Waals surface area contributed by atoms with E-state index in [1.165, 1.54) is 17.0 Å². The summed E-state index contributed by atoms with van der Waals surface area (Å²) in [5, 5.41) is 9.60. The Balaban J connectivity index is 1.50. The van der Waals surface area contributed by atoms with Gasteiger partial charge in [-0.1, -0.05) is 18.2 Å². The summed E-state index contributed by atoms with van der Waals surface area (Å²) in [7, 11) is 2.11. The van der Waals surface area contributed by atoms with Crippen LogP contribution in [-0.4, -0.2) is 51.9 Å². The third-order valence-corrected chi connectivity index (χ3v) is 5.30. The highest BCUT2D eigenvalue weighted by molar-refractivity contribution is 7.14. The molecular formula is C19H20N6O3S.